The maximum atomic E-state index is 12.4. The molecule has 1 unspecified atom stereocenters. The molecule has 6 heteroatoms. The summed E-state index contributed by atoms with van der Waals surface area (Å²) in [6.07, 6.45) is 1.29. The minimum Gasteiger partial charge on any atom is -0.368 e. The van der Waals surface area contributed by atoms with Crippen LogP contribution in [-0.4, -0.2) is 24.6 Å². The van der Waals surface area contributed by atoms with Crippen LogP contribution in [0.1, 0.15) is 18.4 Å². The van der Waals surface area contributed by atoms with Crippen molar-refractivity contribution in [2.75, 3.05) is 17.2 Å². The quantitative estimate of drug-likeness (QED) is 0.609. The maximum absolute atomic E-state index is 12.4. The van der Waals surface area contributed by atoms with Gasteiger partial charge in [0.25, 0.3) is 5.91 Å². The molecule has 1 heterocycles. The van der Waals surface area contributed by atoms with E-state index < -0.39 is 0 Å². The average Bonchev–Trinajstić information content (AvgIpc) is 3.28. The summed E-state index contributed by atoms with van der Waals surface area (Å²) >= 11 is 0. The van der Waals surface area contributed by atoms with E-state index in [0.29, 0.717) is 18.8 Å². The van der Waals surface area contributed by atoms with Crippen LogP contribution in [0.4, 0.5) is 16.2 Å². The molecule has 0 saturated carbocycles. The Balaban J connectivity index is 1.35. The summed E-state index contributed by atoms with van der Waals surface area (Å²) in [5.74, 6) is -0.124. The van der Waals surface area contributed by atoms with Crippen molar-refractivity contribution in [3.05, 3.63) is 72.3 Å². The molecular formula is C23H23N3O3. The normalized spacial score (nSPS) is 15.8. The summed E-state index contributed by atoms with van der Waals surface area (Å²) in [7, 11) is 0. The number of nitrogens with one attached hydrogen (secondary N) is 3. The molecule has 6 nitrogen and oxygen atoms in total. The summed E-state index contributed by atoms with van der Waals surface area (Å²) < 4.78 is 5.41. The first-order valence-corrected chi connectivity index (χ1v) is 9.73. The molecule has 0 aliphatic carbocycles. The zero-order valence-electron chi connectivity index (χ0n) is 16.0. The second kappa shape index (κ2) is 8.75. The van der Waals surface area contributed by atoms with Gasteiger partial charge in [-0.15, -0.1) is 0 Å². The average molecular weight is 389 g/mol. The Labute approximate surface area is 169 Å². The van der Waals surface area contributed by atoms with Gasteiger partial charge in [-0.05, 0) is 42.0 Å². The van der Waals surface area contributed by atoms with Crippen LogP contribution in [0.5, 0.6) is 0 Å². The van der Waals surface area contributed by atoms with Gasteiger partial charge in [-0.2, -0.15) is 0 Å². The van der Waals surface area contributed by atoms with Crippen molar-refractivity contribution >= 4 is 34.1 Å². The van der Waals surface area contributed by atoms with Gasteiger partial charge >= 0.3 is 6.03 Å². The van der Waals surface area contributed by atoms with Gasteiger partial charge in [0.15, 0.2) is 0 Å². The van der Waals surface area contributed by atoms with Crippen LogP contribution in [0.2, 0.25) is 0 Å². The van der Waals surface area contributed by atoms with Crippen molar-refractivity contribution in [2.24, 2.45) is 0 Å². The number of hydrogen-bond donors (Lipinski definition) is 3. The van der Waals surface area contributed by atoms with E-state index in [4.69, 9.17) is 4.74 Å². The number of amides is 3. The third-order valence-corrected chi connectivity index (χ3v) is 4.91. The van der Waals surface area contributed by atoms with Gasteiger partial charge in [0, 0.05) is 24.2 Å². The molecule has 0 bridgehead atoms. The molecule has 0 spiro atoms. The molecule has 3 aromatic rings. The molecule has 1 aliphatic rings. The highest BCUT2D eigenvalue weighted by Gasteiger charge is 2.23. The predicted octanol–water partition coefficient (Wildman–Crippen LogP) is 4.28. The number of carbonyl (C=O) groups is 2. The lowest BCUT2D eigenvalue weighted by atomic mass is 10.1. The smallest absolute Gasteiger partial charge is 0.319 e. The molecule has 4 rings (SSSR count). The van der Waals surface area contributed by atoms with Crippen LogP contribution in [0.3, 0.4) is 0 Å². The Bertz CT molecular complexity index is 1020. The van der Waals surface area contributed by atoms with Crippen molar-refractivity contribution in [3.63, 3.8) is 0 Å². The summed E-state index contributed by atoms with van der Waals surface area (Å²) in [6.45, 7) is 0.980. The molecule has 0 radical (unpaired) electrons. The third kappa shape index (κ3) is 4.73. The Morgan fingerprint density at radius 2 is 1.79 bits per heavy atom. The van der Waals surface area contributed by atoms with Gasteiger partial charge in [0.1, 0.15) is 6.10 Å². The predicted molar refractivity (Wildman–Crippen MR) is 114 cm³/mol. The van der Waals surface area contributed by atoms with Crippen molar-refractivity contribution in [1.82, 2.24) is 5.32 Å². The molecular weight excluding hydrogens is 366 g/mol. The first-order valence-electron chi connectivity index (χ1n) is 9.73. The first-order chi connectivity index (χ1) is 14.2. The zero-order valence-corrected chi connectivity index (χ0v) is 16.0. The van der Waals surface area contributed by atoms with Gasteiger partial charge in [-0.3, -0.25) is 4.79 Å². The number of benzene rings is 3. The van der Waals surface area contributed by atoms with E-state index in [1.807, 2.05) is 66.7 Å². The second-order valence-electron chi connectivity index (χ2n) is 7.03. The number of hydrogen-bond acceptors (Lipinski definition) is 3. The number of fused-ring (bicyclic) bond motifs is 1. The standard InChI is InChI=1S/C23H23N3O3/c27-22(21-12-5-13-29-21)25-18-9-3-6-16(14-18)15-24-23(28)26-20-11-4-8-17-7-1-2-10-19(17)20/h1-4,6-11,14,21H,5,12-13,15H2,(H,25,27)(H2,24,26,28). The van der Waals surface area contributed by atoms with E-state index in [0.717, 1.165) is 34.9 Å². The van der Waals surface area contributed by atoms with Gasteiger partial charge in [-0.1, -0.05) is 48.5 Å². The van der Waals surface area contributed by atoms with Gasteiger partial charge < -0.3 is 20.7 Å². The van der Waals surface area contributed by atoms with Crippen molar-refractivity contribution in [1.29, 1.82) is 0 Å². The number of carbonyl (C=O) groups excluding carboxylic acids is 2. The van der Waals surface area contributed by atoms with E-state index in [1.165, 1.54) is 0 Å². The molecule has 148 valence electrons. The van der Waals surface area contributed by atoms with Gasteiger partial charge in [0.05, 0.1) is 5.69 Å². The van der Waals surface area contributed by atoms with E-state index in [9.17, 15) is 9.59 Å². The molecule has 3 N–H and O–H groups in total. The number of anilines is 2. The number of rotatable bonds is 5. The minimum atomic E-state index is -0.372. The zero-order chi connectivity index (χ0) is 20.1. The van der Waals surface area contributed by atoms with E-state index in [-0.39, 0.29) is 18.0 Å². The second-order valence-corrected chi connectivity index (χ2v) is 7.03. The molecule has 1 fully saturated rings. The van der Waals surface area contributed by atoms with Crippen molar-refractivity contribution in [3.8, 4) is 0 Å². The van der Waals surface area contributed by atoms with Crippen LogP contribution in [0, 0.1) is 0 Å². The summed E-state index contributed by atoms with van der Waals surface area (Å²) in [5.41, 5.74) is 2.35. The van der Waals surface area contributed by atoms with Crippen LogP contribution >= 0.6 is 0 Å². The Morgan fingerprint density at radius 1 is 0.966 bits per heavy atom. The summed E-state index contributed by atoms with van der Waals surface area (Å²) in [4.78, 5) is 24.5. The fraction of sp³-hybridized carbons (Fsp3) is 0.217. The highest BCUT2D eigenvalue weighted by atomic mass is 16.5. The first kappa shape index (κ1) is 19.0. The lowest BCUT2D eigenvalue weighted by Crippen LogP contribution is -2.28. The topological polar surface area (TPSA) is 79.5 Å². The molecule has 0 aromatic heterocycles. The number of ether oxygens (including phenoxy) is 1. The largest absolute Gasteiger partial charge is 0.368 e. The van der Waals surface area contributed by atoms with Crippen LogP contribution in [0.25, 0.3) is 10.8 Å². The lowest BCUT2D eigenvalue weighted by Gasteiger charge is -2.12. The van der Waals surface area contributed by atoms with Crippen molar-refractivity contribution in [2.45, 2.75) is 25.5 Å². The minimum absolute atomic E-state index is 0.124. The third-order valence-electron chi connectivity index (χ3n) is 4.91. The maximum Gasteiger partial charge on any atom is 0.319 e. The molecule has 3 aromatic carbocycles. The lowest BCUT2D eigenvalue weighted by molar-refractivity contribution is -0.124. The summed E-state index contributed by atoms with van der Waals surface area (Å²) in [5, 5.41) is 10.7. The molecule has 1 atom stereocenters. The number of urea groups is 1. The highest BCUT2D eigenvalue weighted by molar-refractivity contribution is 6.01. The SMILES string of the molecule is O=C(NCc1cccc(NC(=O)C2CCCO2)c1)Nc1cccc2ccccc12. The Morgan fingerprint density at radius 3 is 2.66 bits per heavy atom. The van der Waals surface area contributed by atoms with Gasteiger partial charge in [-0.25, -0.2) is 4.79 Å². The Hall–Kier alpha value is -3.38. The van der Waals surface area contributed by atoms with Gasteiger partial charge in [0.2, 0.25) is 0 Å². The fourth-order valence-corrected chi connectivity index (χ4v) is 3.45. The van der Waals surface area contributed by atoms with Crippen LogP contribution in [-0.2, 0) is 16.1 Å². The van der Waals surface area contributed by atoms with Crippen molar-refractivity contribution < 1.29 is 14.3 Å². The Kier molecular flexibility index (Phi) is 5.72. The van der Waals surface area contributed by atoms with E-state index in [1.54, 1.807) is 0 Å². The van der Waals surface area contributed by atoms with E-state index >= 15 is 0 Å². The molecule has 29 heavy (non-hydrogen) atoms. The molecule has 1 saturated heterocycles. The van der Waals surface area contributed by atoms with Crippen LogP contribution in [0.15, 0.2) is 66.7 Å². The monoisotopic (exact) mass is 389 g/mol. The molecule has 1 aliphatic heterocycles. The summed E-state index contributed by atoms with van der Waals surface area (Å²) in [6, 6.07) is 20.9. The molecule has 3 amide bonds. The fourth-order valence-electron chi connectivity index (χ4n) is 3.45. The highest BCUT2D eigenvalue weighted by Crippen LogP contribution is 2.23. The van der Waals surface area contributed by atoms with E-state index in [2.05, 4.69) is 16.0 Å². The van der Waals surface area contributed by atoms with Crippen LogP contribution < -0.4 is 16.0 Å².